The van der Waals surface area contributed by atoms with Crippen molar-refractivity contribution in [2.45, 2.75) is 38.1 Å². The van der Waals surface area contributed by atoms with Gasteiger partial charge >= 0.3 is 0 Å². The summed E-state index contributed by atoms with van der Waals surface area (Å²) in [6.07, 6.45) is 6.01. The molecule has 0 spiro atoms. The highest BCUT2D eigenvalue weighted by Gasteiger charge is 2.45. The van der Waals surface area contributed by atoms with Gasteiger partial charge in [0.05, 0.1) is 6.61 Å². The summed E-state index contributed by atoms with van der Waals surface area (Å²) < 4.78 is 0. The number of hydrogen-bond acceptors (Lipinski definition) is 3. The summed E-state index contributed by atoms with van der Waals surface area (Å²) in [4.78, 5) is 2.37. The molecule has 0 amide bonds. The number of aliphatic hydroxyl groups is 1. The number of hydrogen-bond donors (Lipinski definition) is 2. The zero-order valence-electron chi connectivity index (χ0n) is 9.78. The summed E-state index contributed by atoms with van der Waals surface area (Å²) in [6, 6.07) is 0.207. The molecule has 88 valence electrons. The van der Waals surface area contributed by atoms with Gasteiger partial charge in [0.2, 0.25) is 0 Å². The first kappa shape index (κ1) is 11.4. The number of piperidine rings is 1. The van der Waals surface area contributed by atoms with Gasteiger partial charge in [-0.3, -0.25) is 0 Å². The van der Waals surface area contributed by atoms with Gasteiger partial charge in [-0.05, 0) is 45.2 Å². The van der Waals surface area contributed by atoms with E-state index in [2.05, 4.69) is 11.9 Å². The Morgan fingerprint density at radius 1 is 1.47 bits per heavy atom. The number of aliphatic hydroxyl groups excluding tert-OH is 1. The molecule has 2 rings (SSSR count). The Morgan fingerprint density at radius 3 is 2.67 bits per heavy atom. The monoisotopic (exact) mass is 212 g/mol. The lowest BCUT2D eigenvalue weighted by atomic mass is 9.61. The van der Waals surface area contributed by atoms with Crippen LogP contribution in [0.25, 0.3) is 0 Å². The topological polar surface area (TPSA) is 49.5 Å². The molecule has 2 aliphatic rings. The standard InChI is InChI=1S/C12H24N2O/c1-14-7-2-4-10(8-14)11(13)12(9-15)5-3-6-12/h10-11,15H,2-9,13H2,1H3. The van der Waals surface area contributed by atoms with Crippen LogP contribution in [0.1, 0.15) is 32.1 Å². The predicted molar refractivity (Wildman–Crippen MR) is 61.6 cm³/mol. The van der Waals surface area contributed by atoms with Gasteiger partial charge in [-0.1, -0.05) is 6.42 Å². The Kier molecular flexibility index (Phi) is 3.33. The van der Waals surface area contributed by atoms with E-state index >= 15 is 0 Å². The number of rotatable bonds is 3. The summed E-state index contributed by atoms with van der Waals surface area (Å²) in [5, 5.41) is 9.51. The van der Waals surface area contributed by atoms with E-state index in [1.807, 2.05) is 0 Å². The first-order valence-corrected chi connectivity index (χ1v) is 6.23. The lowest BCUT2D eigenvalue weighted by molar-refractivity contribution is -0.0119. The van der Waals surface area contributed by atoms with Crippen LogP contribution in [-0.2, 0) is 0 Å². The van der Waals surface area contributed by atoms with Crippen LogP contribution in [0.4, 0.5) is 0 Å². The zero-order chi connectivity index (χ0) is 10.9. The van der Waals surface area contributed by atoms with Crippen LogP contribution in [0.5, 0.6) is 0 Å². The highest BCUT2D eigenvalue weighted by Crippen LogP contribution is 2.45. The van der Waals surface area contributed by atoms with Gasteiger partial charge in [0.1, 0.15) is 0 Å². The third-order valence-electron chi connectivity index (χ3n) is 4.54. The maximum Gasteiger partial charge on any atom is 0.0502 e. The van der Waals surface area contributed by atoms with Gasteiger partial charge in [0.25, 0.3) is 0 Å². The Hall–Kier alpha value is -0.120. The molecule has 1 aliphatic heterocycles. The predicted octanol–water partition coefficient (Wildman–Crippen LogP) is 0.818. The summed E-state index contributed by atoms with van der Waals surface area (Å²) >= 11 is 0. The summed E-state index contributed by atoms with van der Waals surface area (Å²) in [7, 11) is 2.17. The zero-order valence-corrected chi connectivity index (χ0v) is 9.78. The highest BCUT2D eigenvalue weighted by molar-refractivity contribution is 4.99. The maximum atomic E-state index is 9.51. The molecule has 3 heteroatoms. The average Bonchev–Trinajstić information content (AvgIpc) is 2.17. The SMILES string of the molecule is CN1CCCC(C(N)C2(CO)CCC2)C1. The van der Waals surface area contributed by atoms with E-state index in [0.717, 1.165) is 19.4 Å². The van der Waals surface area contributed by atoms with Crippen molar-refractivity contribution >= 4 is 0 Å². The van der Waals surface area contributed by atoms with Gasteiger partial charge in [0, 0.05) is 18.0 Å². The molecular formula is C12H24N2O. The van der Waals surface area contributed by atoms with Gasteiger partial charge in [-0.25, -0.2) is 0 Å². The fraction of sp³-hybridized carbons (Fsp3) is 1.00. The molecule has 15 heavy (non-hydrogen) atoms. The minimum Gasteiger partial charge on any atom is -0.396 e. The van der Waals surface area contributed by atoms with Crippen molar-refractivity contribution < 1.29 is 5.11 Å². The molecule has 0 aromatic rings. The van der Waals surface area contributed by atoms with Crippen molar-refractivity contribution in [2.75, 3.05) is 26.7 Å². The first-order chi connectivity index (χ1) is 7.18. The fourth-order valence-electron chi connectivity index (χ4n) is 3.23. The van der Waals surface area contributed by atoms with E-state index in [9.17, 15) is 5.11 Å². The minimum absolute atomic E-state index is 0.0723. The van der Waals surface area contributed by atoms with Crippen LogP contribution in [0.3, 0.4) is 0 Å². The Balaban J connectivity index is 1.96. The molecular weight excluding hydrogens is 188 g/mol. The van der Waals surface area contributed by atoms with Crippen LogP contribution < -0.4 is 5.73 Å². The smallest absolute Gasteiger partial charge is 0.0502 e. The maximum absolute atomic E-state index is 9.51. The second kappa shape index (κ2) is 4.40. The van der Waals surface area contributed by atoms with Crippen LogP contribution in [0, 0.1) is 11.3 Å². The lowest BCUT2D eigenvalue weighted by Gasteiger charge is -2.49. The van der Waals surface area contributed by atoms with Crippen molar-refractivity contribution in [3.63, 3.8) is 0 Å². The number of likely N-dealkylation sites (tertiary alicyclic amines) is 1. The van der Waals surface area contributed by atoms with Gasteiger partial charge in [0.15, 0.2) is 0 Å². The fourth-order valence-corrected chi connectivity index (χ4v) is 3.23. The largest absolute Gasteiger partial charge is 0.396 e. The van der Waals surface area contributed by atoms with Crippen LogP contribution >= 0.6 is 0 Å². The quantitative estimate of drug-likeness (QED) is 0.728. The molecule has 0 aromatic heterocycles. The number of nitrogens with zero attached hydrogens (tertiary/aromatic N) is 1. The number of nitrogens with two attached hydrogens (primary N) is 1. The molecule has 2 fully saturated rings. The molecule has 0 bridgehead atoms. The molecule has 1 aliphatic carbocycles. The Morgan fingerprint density at radius 2 is 2.20 bits per heavy atom. The molecule has 0 aromatic carbocycles. The van der Waals surface area contributed by atoms with Gasteiger partial charge < -0.3 is 15.7 Å². The van der Waals surface area contributed by atoms with E-state index in [0.29, 0.717) is 5.92 Å². The molecule has 1 saturated carbocycles. The van der Waals surface area contributed by atoms with Gasteiger partial charge in [-0.15, -0.1) is 0 Å². The van der Waals surface area contributed by atoms with E-state index in [-0.39, 0.29) is 18.1 Å². The van der Waals surface area contributed by atoms with Gasteiger partial charge in [-0.2, -0.15) is 0 Å². The molecule has 0 radical (unpaired) electrons. The summed E-state index contributed by atoms with van der Waals surface area (Å²) in [5.74, 6) is 0.594. The van der Waals surface area contributed by atoms with Crippen LogP contribution in [0.2, 0.25) is 0 Å². The third-order valence-corrected chi connectivity index (χ3v) is 4.54. The second-order valence-electron chi connectivity index (χ2n) is 5.56. The lowest BCUT2D eigenvalue weighted by Crippen LogP contribution is -2.56. The van der Waals surface area contributed by atoms with E-state index in [1.54, 1.807) is 0 Å². The van der Waals surface area contributed by atoms with Crippen molar-refractivity contribution in [1.82, 2.24) is 4.90 Å². The molecule has 1 heterocycles. The van der Waals surface area contributed by atoms with E-state index < -0.39 is 0 Å². The minimum atomic E-state index is 0.0723. The van der Waals surface area contributed by atoms with Crippen molar-refractivity contribution in [3.8, 4) is 0 Å². The van der Waals surface area contributed by atoms with Crippen molar-refractivity contribution in [2.24, 2.45) is 17.1 Å². The first-order valence-electron chi connectivity index (χ1n) is 6.23. The van der Waals surface area contributed by atoms with Crippen molar-refractivity contribution in [3.05, 3.63) is 0 Å². The Bertz CT molecular complexity index is 210. The highest BCUT2D eigenvalue weighted by atomic mass is 16.3. The molecule has 2 atom stereocenters. The third kappa shape index (κ3) is 2.05. The molecule has 1 saturated heterocycles. The summed E-state index contributed by atoms with van der Waals surface area (Å²) in [6.45, 7) is 2.60. The van der Waals surface area contributed by atoms with Crippen molar-refractivity contribution in [1.29, 1.82) is 0 Å². The van der Waals surface area contributed by atoms with E-state index in [4.69, 9.17) is 5.73 Å². The average molecular weight is 212 g/mol. The molecule has 3 nitrogen and oxygen atoms in total. The summed E-state index contributed by atoms with van der Waals surface area (Å²) in [5.41, 5.74) is 6.45. The van der Waals surface area contributed by atoms with Crippen LogP contribution in [-0.4, -0.2) is 42.8 Å². The normalized spacial score (nSPS) is 33.4. The second-order valence-corrected chi connectivity index (χ2v) is 5.56. The molecule has 2 unspecified atom stereocenters. The molecule has 3 N–H and O–H groups in total. The van der Waals surface area contributed by atoms with E-state index in [1.165, 1.54) is 25.8 Å². The van der Waals surface area contributed by atoms with Crippen LogP contribution in [0.15, 0.2) is 0 Å². The Labute approximate surface area is 92.6 Å².